The largest absolute Gasteiger partial charge is 0.375 e. The van der Waals surface area contributed by atoms with Crippen LogP contribution in [-0.2, 0) is 16.6 Å². The number of benzene rings is 1. The molecule has 2 atom stereocenters. The first kappa shape index (κ1) is 16.7. The van der Waals surface area contributed by atoms with Crippen molar-refractivity contribution < 1.29 is 9.53 Å². The van der Waals surface area contributed by atoms with Gasteiger partial charge < -0.3 is 10.1 Å². The van der Waals surface area contributed by atoms with Crippen molar-refractivity contribution in [3.8, 4) is 0 Å². The molecule has 0 bridgehead atoms. The number of carbonyl (C=O) groups excluding carboxylic acids is 1. The summed E-state index contributed by atoms with van der Waals surface area (Å²) in [6, 6.07) is 12.2. The summed E-state index contributed by atoms with van der Waals surface area (Å²) in [6.45, 7) is 5.61. The van der Waals surface area contributed by atoms with E-state index in [0.717, 1.165) is 18.1 Å². The highest BCUT2D eigenvalue weighted by Crippen LogP contribution is 2.26. The van der Waals surface area contributed by atoms with Crippen molar-refractivity contribution in [1.29, 1.82) is 0 Å². The number of aromatic nitrogens is 2. The summed E-state index contributed by atoms with van der Waals surface area (Å²) in [4.78, 5) is 14.7. The van der Waals surface area contributed by atoms with Crippen molar-refractivity contribution in [3.63, 3.8) is 0 Å². The third kappa shape index (κ3) is 3.83. The number of rotatable bonds is 4. The number of hydrogen-bond acceptors (Lipinski definition) is 4. The number of aryl methyl sites for hydroxylation is 2. The Bertz CT molecular complexity index is 698. The number of carbonyl (C=O) groups is 1. The first-order valence-corrected chi connectivity index (χ1v) is 8.24. The molecule has 1 N–H and O–H groups in total. The van der Waals surface area contributed by atoms with E-state index < -0.39 is 0 Å². The zero-order chi connectivity index (χ0) is 17.1. The smallest absolute Gasteiger partial charge is 0.239 e. The van der Waals surface area contributed by atoms with Gasteiger partial charge in [0.2, 0.25) is 5.91 Å². The Morgan fingerprint density at radius 3 is 2.79 bits per heavy atom. The average molecular weight is 328 g/mol. The second kappa shape index (κ2) is 7.15. The number of morpholine rings is 1. The van der Waals surface area contributed by atoms with E-state index in [1.165, 1.54) is 5.56 Å². The number of nitrogens with one attached hydrogen (secondary N) is 1. The van der Waals surface area contributed by atoms with Crippen molar-refractivity contribution >= 4 is 11.7 Å². The van der Waals surface area contributed by atoms with Crippen LogP contribution >= 0.6 is 0 Å². The van der Waals surface area contributed by atoms with Crippen molar-refractivity contribution in [2.45, 2.75) is 26.0 Å². The first-order valence-electron chi connectivity index (χ1n) is 8.24. The van der Waals surface area contributed by atoms with E-state index in [9.17, 15) is 4.79 Å². The molecular formula is C18H24N4O2. The normalized spacial score (nSPS) is 21.6. The maximum atomic E-state index is 12.5. The minimum Gasteiger partial charge on any atom is -0.375 e. The molecule has 2 aromatic rings. The lowest BCUT2D eigenvalue weighted by atomic mass is 10.0. The van der Waals surface area contributed by atoms with Gasteiger partial charge in [-0.3, -0.25) is 14.4 Å². The van der Waals surface area contributed by atoms with Crippen LogP contribution in [-0.4, -0.2) is 46.4 Å². The molecule has 0 saturated carbocycles. The van der Waals surface area contributed by atoms with Crippen LogP contribution in [0, 0.1) is 6.92 Å². The molecular weight excluding hydrogens is 304 g/mol. The van der Waals surface area contributed by atoms with Crippen LogP contribution in [0.15, 0.2) is 36.4 Å². The first-order chi connectivity index (χ1) is 11.5. The van der Waals surface area contributed by atoms with Gasteiger partial charge in [0.25, 0.3) is 0 Å². The van der Waals surface area contributed by atoms with Gasteiger partial charge in [0.15, 0.2) is 0 Å². The summed E-state index contributed by atoms with van der Waals surface area (Å²) in [7, 11) is 1.83. The van der Waals surface area contributed by atoms with Crippen molar-refractivity contribution in [1.82, 2.24) is 14.7 Å². The van der Waals surface area contributed by atoms with Gasteiger partial charge in [-0.1, -0.05) is 30.3 Å². The molecule has 1 saturated heterocycles. The third-order valence-corrected chi connectivity index (χ3v) is 4.27. The third-order valence-electron chi connectivity index (χ3n) is 4.27. The van der Waals surface area contributed by atoms with E-state index in [-0.39, 0.29) is 18.1 Å². The zero-order valence-corrected chi connectivity index (χ0v) is 14.4. The molecule has 1 aromatic heterocycles. The van der Waals surface area contributed by atoms with Gasteiger partial charge >= 0.3 is 0 Å². The van der Waals surface area contributed by atoms with E-state index in [1.807, 2.05) is 45.2 Å². The molecule has 6 nitrogen and oxygen atoms in total. The summed E-state index contributed by atoms with van der Waals surface area (Å²) < 4.78 is 7.49. The highest BCUT2D eigenvalue weighted by Gasteiger charge is 2.29. The summed E-state index contributed by atoms with van der Waals surface area (Å²) >= 11 is 0. The Hall–Kier alpha value is -2.18. The second-order valence-electron chi connectivity index (χ2n) is 6.34. The van der Waals surface area contributed by atoms with Gasteiger partial charge in [-0.05, 0) is 19.4 Å². The number of ether oxygens (including phenoxy) is 1. The van der Waals surface area contributed by atoms with E-state index in [1.54, 1.807) is 4.68 Å². The Morgan fingerprint density at radius 1 is 1.38 bits per heavy atom. The quantitative estimate of drug-likeness (QED) is 0.934. The minimum atomic E-state index is -0.0342. The molecule has 2 heterocycles. The number of nitrogens with zero attached hydrogens (tertiary/aromatic N) is 3. The van der Waals surface area contributed by atoms with Crippen LogP contribution in [0.3, 0.4) is 0 Å². The molecule has 1 amide bonds. The molecule has 1 aromatic carbocycles. The van der Waals surface area contributed by atoms with Gasteiger partial charge in [-0.2, -0.15) is 5.10 Å². The van der Waals surface area contributed by atoms with Crippen LogP contribution < -0.4 is 5.32 Å². The minimum absolute atomic E-state index is 0.0342. The van der Waals surface area contributed by atoms with Gasteiger partial charge in [0.05, 0.1) is 31.0 Å². The average Bonchev–Trinajstić information content (AvgIpc) is 2.85. The fraction of sp³-hybridized carbons (Fsp3) is 0.444. The van der Waals surface area contributed by atoms with Crippen molar-refractivity contribution in [3.05, 3.63) is 47.7 Å². The molecule has 24 heavy (non-hydrogen) atoms. The van der Waals surface area contributed by atoms with Gasteiger partial charge in [0.1, 0.15) is 5.82 Å². The molecule has 1 aliphatic rings. The predicted octanol–water partition coefficient (Wildman–Crippen LogP) is 2.13. The molecule has 1 aliphatic heterocycles. The SMILES string of the molecule is Cc1cc(NC(=O)CN2C[C@@H](C)OC[C@@H]2c2ccccc2)n(C)n1. The van der Waals surface area contributed by atoms with Crippen LogP contribution in [0.4, 0.5) is 5.82 Å². The van der Waals surface area contributed by atoms with Crippen LogP contribution in [0.2, 0.25) is 0 Å². The number of anilines is 1. The fourth-order valence-corrected chi connectivity index (χ4v) is 3.12. The maximum Gasteiger partial charge on any atom is 0.239 e. The van der Waals surface area contributed by atoms with Crippen LogP contribution in [0.25, 0.3) is 0 Å². The van der Waals surface area contributed by atoms with Crippen molar-refractivity contribution in [2.24, 2.45) is 7.05 Å². The lowest BCUT2D eigenvalue weighted by Crippen LogP contribution is -2.46. The highest BCUT2D eigenvalue weighted by atomic mass is 16.5. The van der Waals surface area contributed by atoms with Gasteiger partial charge in [-0.25, -0.2) is 0 Å². The lowest BCUT2D eigenvalue weighted by Gasteiger charge is -2.38. The summed E-state index contributed by atoms with van der Waals surface area (Å²) in [5.74, 6) is 0.683. The Kier molecular flexibility index (Phi) is 4.97. The van der Waals surface area contributed by atoms with Gasteiger partial charge in [-0.15, -0.1) is 0 Å². The summed E-state index contributed by atoms with van der Waals surface area (Å²) in [5.41, 5.74) is 2.06. The standard InChI is InChI=1S/C18H24N4O2/c1-13-9-17(21(3)20-13)19-18(23)11-22-10-14(2)24-12-16(22)15-7-5-4-6-8-15/h4-9,14,16H,10-12H2,1-3H3,(H,19,23)/t14-,16-/m1/s1. The van der Waals surface area contributed by atoms with E-state index in [0.29, 0.717) is 13.2 Å². The highest BCUT2D eigenvalue weighted by molar-refractivity contribution is 5.91. The van der Waals surface area contributed by atoms with Gasteiger partial charge in [0, 0.05) is 19.7 Å². The summed E-state index contributed by atoms with van der Waals surface area (Å²) in [5, 5.41) is 7.20. The Labute approximate surface area is 142 Å². The van der Waals surface area contributed by atoms with E-state index in [2.05, 4.69) is 27.4 Å². The number of hydrogen-bond donors (Lipinski definition) is 1. The molecule has 3 rings (SSSR count). The van der Waals surface area contributed by atoms with E-state index >= 15 is 0 Å². The molecule has 0 aliphatic carbocycles. The van der Waals surface area contributed by atoms with Crippen LogP contribution in [0.1, 0.15) is 24.2 Å². The number of amides is 1. The fourth-order valence-electron chi connectivity index (χ4n) is 3.12. The molecule has 0 spiro atoms. The topological polar surface area (TPSA) is 59.4 Å². The van der Waals surface area contributed by atoms with Crippen LogP contribution in [0.5, 0.6) is 0 Å². The molecule has 0 radical (unpaired) electrons. The molecule has 0 unspecified atom stereocenters. The Balaban J connectivity index is 1.70. The zero-order valence-electron chi connectivity index (χ0n) is 14.4. The van der Waals surface area contributed by atoms with E-state index in [4.69, 9.17) is 4.74 Å². The molecule has 128 valence electrons. The van der Waals surface area contributed by atoms with Crippen molar-refractivity contribution in [2.75, 3.05) is 25.0 Å². The summed E-state index contributed by atoms with van der Waals surface area (Å²) in [6.07, 6.45) is 0.122. The Morgan fingerprint density at radius 2 is 2.12 bits per heavy atom. The lowest BCUT2D eigenvalue weighted by molar-refractivity contribution is -0.121. The second-order valence-corrected chi connectivity index (χ2v) is 6.34. The monoisotopic (exact) mass is 328 g/mol. The maximum absolute atomic E-state index is 12.5. The molecule has 1 fully saturated rings. The molecule has 6 heteroatoms. The predicted molar refractivity (Wildman–Crippen MR) is 92.7 cm³/mol.